The van der Waals surface area contributed by atoms with Crippen molar-refractivity contribution < 1.29 is 22.0 Å². The topological polar surface area (TPSA) is 71.7 Å². The van der Waals surface area contributed by atoms with Gasteiger partial charge in [-0.05, 0) is 49.2 Å². The second-order valence-electron chi connectivity index (χ2n) is 7.45. The molecule has 2 heterocycles. The number of carbonyl (C=O) groups excluding carboxylic acids is 1. The lowest BCUT2D eigenvalue weighted by Gasteiger charge is -2.29. The molecule has 4 rings (SSSR count). The zero-order chi connectivity index (χ0) is 22.9. The fourth-order valence-electron chi connectivity index (χ4n) is 3.75. The molecule has 1 fully saturated rings. The largest absolute Gasteiger partial charge is 0.310 e. The highest BCUT2D eigenvalue weighted by molar-refractivity contribution is 7.89. The quantitative estimate of drug-likeness (QED) is 0.526. The number of aromatic nitrogens is 1. The molecule has 168 valence electrons. The first-order valence-corrected chi connectivity index (χ1v) is 12.3. The zero-order valence-corrected chi connectivity index (χ0v) is 18.7. The van der Waals surface area contributed by atoms with E-state index in [2.05, 4.69) is 11.6 Å². The minimum absolute atomic E-state index is 0.0196. The monoisotopic (exact) mass is 477 g/mol. The average Bonchev–Trinajstić information content (AvgIpc) is 3.12. The number of amides is 1. The Bertz CT molecular complexity index is 1340. The van der Waals surface area contributed by atoms with E-state index in [1.54, 1.807) is 22.8 Å². The Kier molecular flexibility index (Phi) is 6.36. The number of hydrogen-bond acceptors (Lipinski definition) is 4. The summed E-state index contributed by atoms with van der Waals surface area (Å²) in [5.41, 5.74) is 0.379. The van der Waals surface area contributed by atoms with E-state index >= 15 is 0 Å². The number of nitrogens with zero attached hydrogens (tertiary/aromatic N) is 3. The third-order valence-corrected chi connectivity index (χ3v) is 8.38. The lowest BCUT2D eigenvalue weighted by Crippen LogP contribution is -2.40. The molecule has 0 spiro atoms. The van der Waals surface area contributed by atoms with Crippen LogP contribution in [0.3, 0.4) is 0 Å². The number of rotatable bonds is 5. The molecule has 1 amide bonds. The van der Waals surface area contributed by atoms with Crippen LogP contribution in [-0.2, 0) is 21.4 Å². The van der Waals surface area contributed by atoms with Crippen molar-refractivity contribution in [1.82, 2.24) is 8.87 Å². The number of fused-ring (bicyclic) bond motifs is 1. The van der Waals surface area contributed by atoms with Crippen LogP contribution in [0.25, 0.3) is 10.2 Å². The van der Waals surface area contributed by atoms with Gasteiger partial charge in [0.1, 0.15) is 11.6 Å². The van der Waals surface area contributed by atoms with Gasteiger partial charge in [0, 0.05) is 25.6 Å². The molecular formula is C22H21F2N3O3S2. The van der Waals surface area contributed by atoms with Crippen molar-refractivity contribution >= 4 is 37.5 Å². The van der Waals surface area contributed by atoms with Gasteiger partial charge in [-0.1, -0.05) is 23.5 Å². The summed E-state index contributed by atoms with van der Waals surface area (Å²) in [6, 6.07) is 9.41. The zero-order valence-electron chi connectivity index (χ0n) is 17.1. The Morgan fingerprint density at radius 2 is 1.84 bits per heavy atom. The van der Waals surface area contributed by atoms with Crippen LogP contribution in [0, 0.1) is 17.6 Å². The summed E-state index contributed by atoms with van der Waals surface area (Å²) in [4.78, 5) is 17.5. The van der Waals surface area contributed by atoms with Gasteiger partial charge in [-0.15, -0.1) is 6.58 Å². The number of halogens is 2. The van der Waals surface area contributed by atoms with E-state index in [1.807, 2.05) is 0 Å². The second-order valence-corrected chi connectivity index (χ2v) is 10.4. The van der Waals surface area contributed by atoms with E-state index in [0.717, 1.165) is 12.1 Å². The maximum absolute atomic E-state index is 14.3. The number of sulfonamides is 1. The maximum atomic E-state index is 14.3. The fraction of sp³-hybridized carbons (Fsp3) is 0.273. The summed E-state index contributed by atoms with van der Waals surface area (Å²) in [6.45, 7) is 4.33. The van der Waals surface area contributed by atoms with Crippen LogP contribution in [0.5, 0.6) is 0 Å². The van der Waals surface area contributed by atoms with Crippen LogP contribution in [0.2, 0.25) is 0 Å². The summed E-state index contributed by atoms with van der Waals surface area (Å²) in [7, 11) is -3.75. The first-order valence-electron chi connectivity index (χ1n) is 10.0. The van der Waals surface area contributed by atoms with Gasteiger partial charge in [0.25, 0.3) is 5.91 Å². The number of hydrogen-bond donors (Lipinski definition) is 0. The number of carbonyl (C=O) groups is 1. The number of allylic oxidation sites excluding steroid dienone is 1. The summed E-state index contributed by atoms with van der Waals surface area (Å²) in [6.07, 6.45) is 2.26. The summed E-state index contributed by atoms with van der Waals surface area (Å²) < 4.78 is 56.6. The third-order valence-electron chi connectivity index (χ3n) is 5.42. The molecule has 1 saturated heterocycles. The lowest BCUT2D eigenvalue weighted by atomic mass is 9.98. The van der Waals surface area contributed by atoms with Crippen molar-refractivity contribution in [3.8, 4) is 0 Å². The Morgan fingerprint density at radius 1 is 1.16 bits per heavy atom. The summed E-state index contributed by atoms with van der Waals surface area (Å²) in [5.74, 6) is -1.69. The van der Waals surface area contributed by atoms with Gasteiger partial charge in [0.05, 0.1) is 15.1 Å². The van der Waals surface area contributed by atoms with Crippen molar-refractivity contribution in [2.75, 3.05) is 13.1 Å². The Morgan fingerprint density at radius 3 is 2.50 bits per heavy atom. The van der Waals surface area contributed by atoms with E-state index < -0.39 is 27.6 Å². The molecule has 3 aromatic rings. The van der Waals surface area contributed by atoms with Crippen LogP contribution in [0.4, 0.5) is 8.78 Å². The van der Waals surface area contributed by atoms with Crippen LogP contribution >= 0.6 is 11.3 Å². The molecule has 0 radical (unpaired) electrons. The van der Waals surface area contributed by atoms with Gasteiger partial charge in [-0.3, -0.25) is 4.79 Å². The molecule has 10 heteroatoms. The number of para-hydroxylation sites is 1. The van der Waals surface area contributed by atoms with Crippen LogP contribution in [-0.4, -0.2) is 36.3 Å². The maximum Gasteiger partial charge on any atom is 0.251 e. The minimum atomic E-state index is -3.75. The second kappa shape index (κ2) is 9.05. The molecule has 1 aromatic heterocycles. The SMILES string of the molecule is C=CCn1c(=NC(=O)C2CCN(S(=O)(=O)c3ccc(F)cc3)CC2)sc2cccc(F)c21. The number of benzene rings is 2. The minimum Gasteiger partial charge on any atom is -0.310 e. The molecule has 0 N–H and O–H groups in total. The average molecular weight is 478 g/mol. The van der Waals surface area contributed by atoms with Gasteiger partial charge < -0.3 is 4.57 Å². The molecule has 0 unspecified atom stereocenters. The van der Waals surface area contributed by atoms with Gasteiger partial charge in [0.15, 0.2) is 4.80 Å². The first-order chi connectivity index (χ1) is 15.3. The number of thiazole rings is 1. The molecule has 0 aliphatic carbocycles. The van der Waals surface area contributed by atoms with Crippen molar-refractivity contribution in [2.24, 2.45) is 10.9 Å². The van der Waals surface area contributed by atoms with E-state index in [4.69, 9.17) is 0 Å². The van der Waals surface area contributed by atoms with Crippen LogP contribution in [0.15, 0.2) is 65.0 Å². The predicted octanol–water partition coefficient (Wildman–Crippen LogP) is 3.70. The third kappa shape index (κ3) is 4.30. The fourth-order valence-corrected chi connectivity index (χ4v) is 6.28. The van der Waals surface area contributed by atoms with Crippen molar-refractivity contribution in [1.29, 1.82) is 0 Å². The van der Waals surface area contributed by atoms with Gasteiger partial charge >= 0.3 is 0 Å². The molecular weight excluding hydrogens is 456 g/mol. The molecule has 0 saturated carbocycles. The summed E-state index contributed by atoms with van der Waals surface area (Å²) >= 11 is 1.22. The highest BCUT2D eigenvalue weighted by Gasteiger charge is 2.32. The van der Waals surface area contributed by atoms with Gasteiger partial charge in [0.2, 0.25) is 10.0 Å². The Labute approximate surface area is 188 Å². The molecule has 0 atom stereocenters. The van der Waals surface area contributed by atoms with E-state index in [-0.39, 0.29) is 23.9 Å². The van der Waals surface area contributed by atoms with Crippen LogP contribution < -0.4 is 4.80 Å². The molecule has 32 heavy (non-hydrogen) atoms. The smallest absolute Gasteiger partial charge is 0.251 e. The Hall–Kier alpha value is -2.69. The van der Waals surface area contributed by atoms with Gasteiger partial charge in [-0.25, -0.2) is 17.2 Å². The highest BCUT2D eigenvalue weighted by atomic mass is 32.2. The molecule has 6 nitrogen and oxygen atoms in total. The predicted molar refractivity (Wildman–Crippen MR) is 118 cm³/mol. The van der Waals surface area contributed by atoms with E-state index in [9.17, 15) is 22.0 Å². The highest BCUT2D eigenvalue weighted by Crippen LogP contribution is 2.25. The summed E-state index contributed by atoms with van der Waals surface area (Å²) in [5, 5.41) is 0. The van der Waals surface area contributed by atoms with Crippen LogP contribution in [0.1, 0.15) is 12.8 Å². The molecule has 1 aliphatic heterocycles. The normalized spacial score (nSPS) is 16.5. The Balaban J connectivity index is 1.54. The van der Waals surface area contributed by atoms with E-state index in [0.29, 0.717) is 34.4 Å². The first kappa shape index (κ1) is 22.5. The number of piperidine rings is 1. The van der Waals surface area contributed by atoms with Crippen molar-refractivity contribution in [2.45, 2.75) is 24.3 Å². The van der Waals surface area contributed by atoms with E-state index in [1.165, 1.54) is 33.8 Å². The standard InChI is InChI=1S/C22H21F2N3O3S2/c1-2-12-27-20-18(24)4-3-5-19(20)31-22(27)25-21(28)15-10-13-26(14-11-15)32(29,30)17-8-6-16(23)7-9-17/h2-9,15H,1,10-14H2. The van der Waals surface area contributed by atoms with Crippen molar-refractivity contribution in [3.63, 3.8) is 0 Å². The lowest BCUT2D eigenvalue weighted by molar-refractivity contribution is -0.122. The molecule has 2 aromatic carbocycles. The van der Waals surface area contributed by atoms with Gasteiger partial charge in [-0.2, -0.15) is 9.30 Å². The van der Waals surface area contributed by atoms with Crippen molar-refractivity contribution in [3.05, 3.63) is 71.6 Å². The molecule has 1 aliphatic rings. The molecule has 0 bridgehead atoms.